The van der Waals surface area contributed by atoms with Crippen LogP contribution in [0, 0.1) is 5.92 Å². The summed E-state index contributed by atoms with van der Waals surface area (Å²) in [6, 6.07) is 8.29. The van der Waals surface area contributed by atoms with Gasteiger partial charge < -0.3 is 15.0 Å². The van der Waals surface area contributed by atoms with Gasteiger partial charge in [-0.1, -0.05) is 12.1 Å². The van der Waals surface area contributed by atoms with E-state index in [4.69, 9.17) is 4.74 Å². The minimum atomic E-state index is 0.188. The van der Waals surface area contributed by atoms with Crippen LogP contribution >= 0.6 is 0 Å². The topological polar surface area (TPSA) is 41.6 Å². The van der Waals surface area contributed by atoms with E-state index in [9.17, 15) is 4.79 Å². The van der Waals surface area contributed by atoms with Crippen LogP contribution < -0.4 is 10.1 Å². The average molecular weight is 276 g/mol. The zero-order valence-electron chi connectivity index (χ0n) is 12.6. The summed E-state index contributed by atoms with van der Waals surface area (Å²) >= 11 is 0. The normalized spacial score (nSPS) is 16.0. The Balaban J connectivity index is 1.97. The van der Waals surface area contributed by atoms with Crippen molar-refractivity contribution >= 4 is 5.91 Å². The molecule has 1 amide bonds. The molecule has 4 nitrogen and oxygen atoms in total. The van der Waals surface area contributed by atoms with Crippen molar-refractivity contribution in [3.63, 3.8) is 0 Å². The molecule has 0 saturated heterocycles. The number of hydrogen-bond donors (Lipinski definition) is 1. The number of ether oxygens (including phenoxy) is 1. The first-order chi connectivity index (χ1) is 9.61. The van der Waals surface area contributed by atoms with Crippen molar-refractivity contribution in [2.75, 3.05) is 27.2 Å². The van der Waals surface area contributed by atoms with E-state index in [0.717, 1.165) is 18.6 Å². The third-order valence-corrected chi connectivity index (χ3v) is 3.62. The highest BCUT2D eigenvalue weighted by Gasteiger charge is 2.30. The lowest BCUT2D eigenvalue weighted by Gasteiger charge is -2.25. The first-order valence-corrected chi connectivity index (χ1v) is 7.28. The van der Waals surface area contributed by atoms with Gasteiger partial charge >= 0.3 is 0 Å². The maximum atomic E-state index is 11.8. The minimum absolute atomic E-state index is 0.188. The second-order valence-electron chi connectivity index (χ2n) is 5.50. The number of nitrogens with zero attached hydrogens (tertiary/aromatic N) is 1. The van der Waals surface area contributed by atoms with E-state index in [1.807, 2.05) is 33.2 Å². The Morgan fingerprint density at radius 1 is 1.35 bits per heavy atom. The van der Waals surface area contributed by atoms with E-state index in [2.05, 4.69) is 22.3 Å². The summed E-state index contributed by atoms with van der Waals surface area (Å²) in [5.41, 5.74) is 1.19. The molecule has 2 rings (SSSR count). The Labute approximate surface area is 121 Å². The van der Waals surface area contributed by atoms with Gasteiger partial charge in [0.25, 0.3) is 0 Å². The van der Waals surface area contributed by atoms with Crippen LogP contribution in [0.4, 0.5) is 0 Å². The monoisotopic (exact) mass is 276 g/mol. The van der Waals surface area contributed by atoms with Gasteiger partial charge in [0.2, 0.25) is 5.91 Å². The Hall–Kier alpha value is -1.55. The fourth-order valence-electron chi connectivity index (χ4n) is 2.24. The molecule has 0 bridgehead atoms. The van der Waals surface area contributed by atoms with Crippen LogP contribution in [0.1, 0.15) is 31.4 Å². The van der Waals surface area contributed by atoms with Crippen molar-refractivity contribution in [2.24, 2.45) is 5.92 Å². The maximum Gasteiger partial charge on any atom is 0.223 e. The number of nitrogens with one attached hydrogen (secondary N) is 1. The van der Waals surface area contributed by atoms with Crippen LogP contribution in [0.3, 0.4) is 0 Å². The number of carbonyl (C=O) groups is 1. The fraction of sp³-hybridized carbons (Fsp3) is 0.562. The highest BCUT2D eigenvalue weighted by Crippen LogP contribution is 2.29. The first-order valence-electron chi connectivity index (χ1n) is 7.28. The summed E-state index contributed by atoms with van der Waals surface area (Å²) in [6.07, 6.45) is 2.09. The zero-order chi connectivity index (χ0) is 14.5. The van der Waals surface area contributed by atoms with Gasteiger partial charge in [0.1, 0.15) is 5.75 Å². The third-order valence-electron chi connectivity index (χ3n) is 3.62. The van der Waals surface area contributed by atoms with E-state index >= 15 is 0 Å². The van der Waals surface area contributed by atoms with E-state index in [1.165, 1.54) is 5.56 Å². The molecule has 0 aromatic heterocycles. The molecule has 1 atom stereocenters. The number of rotatable bonds is 7. The van der Waals surface area contributed by atoms with E-state index in [0.29, 0.717) is 13.2 Å². The standard InChI is InChI=1S/C16H24N2O2/c1-4-20-14-9-7-12(8-10-14)15(18(2)3)11-17-16(19)13-5-6-13/h7-10,13,15H,4-6,11H2,1-3H3,(H,17,19). The first kappa shape index (κ1) is 14.9. The van der Waals surface area contributed by atoms with E-state index in [1.54, 1.807) is 0 Å². The molecular formula is C16H24N2O2. The van der Waals surface area contributed by atoms with Gasteiger partial charge in [-0.25, -0.2) is 0 Å². The molecular weight excluding hydrogens is 252 g/mol. The van der Waals surface area contributed by atoms with Gasteiger partial charge in [-0.05, 0) is 51.6 Å². The van der Waals surface area contributed by atoms with Crippen LogP contribution in [-0.4, -0.2) is 38.1 Å². The molecule has 0 aliphatic heterocycles. The molecule has 1 aliphatic rings. The Bertz CT molecular complexity index is 438. The molecule has 1 aromatic carbocycles. The fourth-order valence-corrected chi connectivity index (χ4v) is 2.24. The van der Waals surface area contributed by atoms with Crippen LogP contribution in [0.25, 0.3) is 0 Å². The molecule has 1 aliphatic carbocycles. The summed E-state index contributed by atoms with van der Waals surface area (Å²) < 4.78 is 5.46. The van der Waals surface area contributed by atoms with Gasteiger partial charge in [0.15, 0.2) is 0 Å². The van der Waals surface area contributed by atoms with Crippen molar-refractivity contribution in [2.45, 2.75) is 25.8 Å². The minimum Gasteiger partial charge on any atom is -0.494 e. The average Bonchev–Trinajstić information content (AvgIpc) is 3.25. The van der Waals surface area contributed by atoms with Crippen LogP contribution in [0.15, 0.2) is 24.3 Å². The Morgan fingerprint density at radius 3 is 2.50 bits per heavy atom. The second-order valence-corrected chi connectivity index (χ2v) is 5.50. The molecule has 110 valence electrons. The summed E-state index contributed by atoms with van der Waals surface area (Å²) in [5, 5.41) is 3.05. The lowest BCUT2D eigenvalue weighted by atomic mass is 10.1. The maximum absolute atomic E-state index is 11.8. The number of carbonyl (C=O) groups excluding carboxylic acids is 1. The van der Waals surface area contributed by atoms with Crippen molar-refractivity contribution in [1.82, 2.24) is 10.2 Å². The molecule has 0 spiro atoms. The second kappa shape index (κ2) is 6.75. The lowest BCUT2D eigenvalue weighted by Crippen LogP contribution is -2.35. The van der Waals surface area contributed by atoms with E-state index in [-0.39, 0.29) is 17.9 Å². The van der Waals surface area contributed by atoms with Crippen LogP contribution in [-0.2, 0) is 4.79 Å². The highest BCUT2D eigenvalue weighted by molar-refractivity contribution is 5.80. The van der Waals surface area contributed by atoms with Crippen LogP contribution in [0.2, 0.25) is 0 Å². The molecule has 0 heterocycles. The van der Waals surface area contributed by atoms with Crippen molar-refractivity contribution in [1.29, 1.82) is 0 Å². The number of amides is 1. The van der Waals surface area contributed by atoms with Crippen molar-refractivity contribution in [3.05, 3.63) is 29.8 Å². The quantitative estimate of drug-likeness (QED) is 0.830. The SMILES string of the molecule is CCOc1ccc(C(CNC(=O)C2CC2)N(C)C)cc1. The number of likely N-dealkylation sites (N-methyl/N-ethyl adjacent to an activating group) is 1. The Morgan fingerprint density at radius 2 is 2.00 bits per heavy atom. The van der Waals surface area contributed by atoms with Gasteiger partial charge in [-0.2, -0.15) is 0 Å². The van der Waals surface area contributed by atoms with Gasteiger partial charge in [-0.3, -0.25) is 4.79 Å². The number of benzene rings is 1. The van der Waals surface area contributed by atoms with Crippen molar-refractivity contribution in [3.8, 4) is 5.75 Å². The molecule has 1 saturated carbocycles. The summed E-state index contributed by atoms with van der Waals surface area (Å²) in [5.74, 6) is 1.34. The molecule has 4 heteroatoms. The smallest absolute Gasteiger partial charge is 0.223 e. The Kier molecular flexibility index (Phi) is 5.01. The summed E-state index contributed by atoms with van der Waals surface area (Å²) in [7, 11) is 4.06. The summed E-state index contributed by atoms with van der Waals surface area (Å²) in [6.45, 7) is 3.30. The molecule has 1 unspecified atom stereocenters. The van der Waals surface area contributed by atoms with Crippen molar-refractivity contribution < 1.29 is 9.53 Å². The van der Waals surface area contributed by atoms with Gasteiger partial charge in [0, 0.05) is 12.5 Å². The lowest BCUT2D eigenvalue weighted by molar-refractivity contribution is -0.122. The third kappa shape index (κ3) is 3.97. The van der Waals surface area contributed by atoms with Gasteiger partial charge in [0.05, 0.1) is 12.6 Å². The summed E-state index contributed by atoms with van der Waals surface area (Å²) in [4.78, 5) is 13.9. The predicted molar refractivity (Wildman–Crippen MR) is 79.8 cm³/mol. The number of hydrogen-bond acceptors (Lipinski definition) is 3. The largest absolute Gasteiger partial charge is 0.494 e. The van der Waals surface area contributed by atoms with Crippen LogP contribution in [0.5, 0.6) is 5.75 Å². The van der Waals surface area contributed by atoms with Gasteiger partial charge in [-0.15, -0.1) is 0 Å². The predicted octanol–water partition coefficient (Wildman–Crippen LogP) is 2.21. The zero-order valence-corrected chi connectivity index (χ0v) is 12.6. The molecule has 1 aromatic rings. The molecule has 20 heavy (non-hydrogen) atoms. The van der Waals surface area contributed by atoms with E-state index < -0.39 is 0 Å². The molecule has 0 radical (unpaired) electrons. The molecule has 1 N–H and O–H groups in total. The molecule has 1 fully saturated rings. The highest BCUT2D eigenvalue weighted by atomic mass is 16.5.